The number of fused-ring (bicyclic) bond motifs is 1. The van der Waals surface area contributed by atoms with Crippen LogP contribution in [0.5, 0.6) is 0 Å². The second-order valence-electron chi connectivity index (χ2n) is 5.76. The number of oxazole rings is 1. The first-order chi connectivity index (χ1) is 11.0. The summed E-state index contributed by atoms with van der Waals surface area (Å²) in [5, 5.41) is 0. The maximum Gasteiger partial charge on any atom is 0.419 e. The summed E-state index contributed by atoms with van der Waals surface area (Å²) in [7, 11) is 1.61. The van der Waals surface area contributed by atoms with Gasteiger partial charge in [0.05, 0.1) is 5.52 Å². The number of carbonyl (C=O) groups excluding carboxylic acids is 2. The zero-order valence-corrected chi connectivity index (χ0v) is 13.2. The van der Waals surface area contributed by atoms with Crippen LogP contribution in [0.4, 0.5) is 0 Å². The molecule has 1 saturated heterocycles. The number of rotatable bonds is 1. The van der Waals surface area contributed by atoms with Gasteiger partial charge in [-0.3, -0.25) is 14.2 Å². The van der Waals surface area contributed by atoms with Gasteiger partial charge in [-0.05, 0) is 24.6 Å². The van der Waals surface area contributed by atoms with Crippen LogP contribution in [0.2, 0.25) is 0 Å². The normalized spacial score (nSPS) is 15.7. The van der Waals surface area contributed by atoms with E-state index in [-0.39, 0.29) is 11.8 Å². The molecule has 7 nitrogen and oxygen atoms in total. The molecule has 1 aromatic carbocycles. The first-order valence-corrected chi connectivity index (χ1v) is 7.62. The summed E-state index contributed by atoms with van der Waals surface area (Å²) in [5.41, 5.74) is 1.58. The van der Waals surface area contributed by atoms with Gasteiger partial charge in [0, 0.05) is 45.7 Å². The molecule has 0 bridgehead atoms. The van der Waals surface area contributed by atoms with E-state index < -0.39 is 5.76 Å². The number of amides is 2. The van der Waals surface area contributed by atoms with E-state index in [9.17, 15) is 14.4 Å². The lowest BCUT2D eigenvalue weighted by Gasteiger charge is -2.21. The Morgan fingerprint density at radius 2 is 1.78 bits per heavy atom. The number of benzene rings is 1. The first-order valence-electron chi connectivity index (χ1n) is 7.62. The summed E-state index contributed by atoms with van der Waals surface area (Å²) in [5.74, 6) is -0.503. The second kappa shape index (κ2) is 5.91. The Hall–Kier alpha value is -2.57. The maximum atomic E-state index is 12.7. The Kier molecular flexibility index (Phi) is 3.94. The molecule has 0 aliphatic carbocycles. The standard InChI is InChI=1S/C16H19N3O4/c1-11(20)18-6-3-7-19(9-8-18)15(21)12-4-5-14-13(10-12)17(2)16(22)23-14/h4-5,10H,3,6-9H2,1-2H3. The molecule has 2 heterocycles. The Morgan fingerprint density at radius 1 is 1.09 bits per heavy atom. The van der Waals surface area contributed by atoms with Crippen LogP contribution in [0.3, 0.4) is 0 Å². The minimum absolute atomic E-state index is 0.0362. The van der Waals surface area contributed by atoms with E-state index in [1.54, 1.807) is 42.0 Å². The highest BCUT2D eigenvalue weighted by molar-refractivity contribution is 5.97. The molecule has 1 fully saturated rings. The lowest BCUT2D eigenvalue weighted by atomic mass is 10.1. The monoisotopic (exact) mass is 317 g/mol. The highest BCUT2D eigenvalue weighted by atomic mass is 16.4. The van der Waals surface area contributed by atoms with E-state index in [1.807, 2.05) is 0 Å². The van der Waals surface area contributed by atoms with E-state index in [1.165, 1.54) is 4.57 Å². The lowest BCUT2D eigenvalue weighted by molar-refractivity contribution is -0.128. The van der Waals surface area contributed by atoms with Crippen LogP contribution in [0.1, 0.15) is 23.7 Å². The van der Waals surface area contributed by atoms with Crippen molar-refractivity contribution < 1.29 is 14.0 Å². The highest BCUT2D eigenvalue weighted by Gasteiger charge is 2.22. The van der Waals surface area contributed by atoms with Crippen LogP contribution in [0.25, 0.3) is 11.1 Å². The van der Waals surface area contributed by atoms with Gasteiger partial charge in [-0.25, -0.2) is 4.79 Å². The molecule has 1 aliphatic rings. The topological polar surface area (TPSA) is 75.8 Å². The predicted molar refractivity (Wildman–Crippen MR) is 84.2 cm³/mol. The molecular formula is C16H19N3O4. The third kappa shape index (κ3) is 2.86. The summed E-state index contributed by atoms with van der Waals surface area (Å²) in [6, 6.07) is 4.99. The van der Waals surface area contributed by atoms with Gasteiger partial charge in [0.25, 0.3) is 5.91 Å². The number of aryl methyl sites for hydroxylation is 1. The predicted octanol–water partition coefficient (Wildman–Crippen LogP) is 0.826. The largest absolute Gasteiger partial charge is 0.419 e. The first kappa shape index (κ1) is 15.3. The van der Waals surface area contributed by atoms with Crippen molar-refractivity contribution in [1.82, 2.24) is 14.4 Å². The Balaban J connectivity index is 1.84. The van der Waals surface area contributed by atoms with E-state index >= 15 is 0 Å². The minimum atomic E-state index is -0.448. The fourth-order valence-corrected chi connectivity index (χ4v) is 2.88. The average Bonchev–Trinajstić information content (AvgIpc) is 2.72. The smallest absolute Gasteiger partial charge is 0.408 e. The number of hydrogen-bond acceptors (Lipinski definition) is 4. The number of aromatic nitrogens is 1. The summed E-state index contributed by atoms with van der Waals surface area (Å²) in [4.78, 5) is 39.2. The average molecular weight is 317 g/mol. The van der Waals surface area contributed by atoms with Crippen LogP contribution in [-0.4, -0.2) is 52.4 Å². The third-order valence-corrected chi connectivity index (χ3v) is 4.27. The lowest BCUT2D eigenvalue weighted by Crippen LogP contribution is -2.36. The molecule has 0 saturated carbocycles. The zero-order valence-electron chi connectivity index (χ0n) is 13.2. The van der Waals surface area contributed by atoms with Crippen molar-refractivity contribution in [3.05, 3.63) is 34.3 Å². The van der Waals surface area contributed by atoms with Gasteiger partial charge in [0.15, 0.2) is 5.58 Å². The van der Waals surface area contributed by atoms with Gasteiger partial charge in [0.2, 0.25) is 5.91 Å². The van der Waals surface area contributed by atoms with Gasteiger partial charge in [-0.1, -0.05) is 0 Å². The Bertz CT molecular complexity index is 820. The zero-order chi connectivity index (χ0) is 16.6. The van der Waals surface area contributed by atoms with E-state index in [2.05, 4.69) is 0 Å². The fraction of sp³-hybridized carbons (Fsp3) is 0.438. The summed E-state index contributed by atoms with van der Waals surface area (Å²) in [6.45, 7) is 3.90. The number of carbonyl (C=O) groups is 2. The molecule has 0 atom stereocenters. The van der Waals surface area contributed by atoms with Crippen LogP contribution in [-0.2, 0) is 11.8 Å². The third-order valence-electron chi connectivity index (χ3n) is 4.27. The molecule has 2 aromatic rings. The van der Waals surface area contributed by atoms with E-state index in [0.717, 1.165) is 6.42 Å². The second-order valence-corrected chi connectivity index (χ2v) is 5.76. The van der Waals surface area contributed by atoms with Crippen molar-refractivity contribution in [3.63, 3.8) is 0 Å². The molecule has 3 rings (SSSR count). The van der Waals surface area contributed by atoms with Crippen LogP contribution in [0.15, 0.2) is 27.4 Å². The summed E-state index contributed by atoms with van der Waals surface area (Å²) in [6.07, 6.45) is 0.762. The van der Waals surface area contributed by atoms with Crippen LogP contribution >= 0.6 is 0 Å². The van der Waals surface area contributed by atoms with Crippen molar-refractivity contribution in [2.24, 2.45) is 7.05 Å². The van der Waals surface area contributed by atoms with Crippen molar-refractivity contribution in [1.29, 1.82) is 0 Å². The maximum absolute atomic E-state index is 12.7. The molecule has 0 radical (unpaired) electrons. The molecule has 0 unspecified atom stereocenters. The summed E-state index contributed by atoms with van der Waals surface area (Å²) >= 11 is 0. The molecule has 23 heavy (non-hydrogen) atoms. The SMILES string of the molecule is CC(=O)N1CCCN(C(=O)c2ccc3oc(=O)n(C)c3c2)CC1. The minimum Gasteiger partial charge on any atom is -0.408 e. The molecule has 1 aliphatic heterocycles. The van der Waals surface area contributed by atoms with Gasteiger partial charge in [-0.2, -0.15) is 0 Å². The van der Waals surface area contributed by atoms with Gasteiger partial charge >= 0.3 is 5.76 Å². The highest BCUT2D eigenvalue weighted by Crippen LogP contribution is 2.16. The van der Waals surface area contributed by atoms with Crippen LogP contribution < -0.4 is 5.76 Å². The molecule has 0 N–H and O–H groups in total. The van der Waals surface area contributed by atoms with Gasteiger partial charge < -0.3 is 14.2 Å². The van der Waals surface area contributed by atoms with Gasteiger partial charge in [0.1, 0.15) is 0 Å². The molecule has 122 valence electrons. The fourth-order valence-electron chi connectivity index (χ4n) is 2.88. The molecule has 0 spiro atoms. The van der Waals surface area contributed by atoms with Gasteiger partial charge in [-0.15, -0.1) is 0 Å². The van der Waals surface area contributed by atoms with Crippen LogP contribution in [0, 0.1) is 0 Å². The molecule has 1 aromatic heterocycles. The number of hydrogen-bond donors (Lipinski definition) is 0. The Morgan fingerprint density at radius 3 is 2.52 bits per heavy atom. The van der Waals surface area contributed by atoms with Crippen molar-refractivity contribution in [2.45, 2.75) is 13.3 Å². The molecule has 7 heteroatoms. The Labute approximate surface area is 133 Å². The molecule has 2 amide bonds. The van der Waals surface area contributed by atoms with E-state index in [4.69, 9.17) is 4.42 Å². The van der Waals surface area contributed by atoms with E-state index in [0.29, 0.717) is 42.8 Å². The van der Waals surface area contributed by atoms with Crippen molar-refractivity contribution in [2.75, 3.05) is 26.2 Å². The number of nitrogens with zero attached hydrogens (tertiary/aromatic N) is 3. The van der Waals surface area contributed by atoms with Crippen molar-refractivity contribution in [3.8, 4) is 0 Å². The van der Waals surface area contributed by atoms with Crippen molar-refractivity contribution >= 4 is 22.9 Å². The molecular weight excluding hydrogens is 298 g/mol. The quantitative estimate of drug-likeness (QED) is 0.780. The summed E-state index contributed by atoms with van der Waals surface area (Å²) < 4.78 is 6.46.